The lowest BCUT2D eigenvalue weighted by Crippen LogP contribution is -1.97. The van der Waals surface area contributed by atoms with E-state index in [0.29, 0.717) is 45.7 Å². The highest BCUT2D eigenvalue weighted by Crippen LogP contribution is 2.39. The summed E-state index contributed by atoms with van der Waals surface area (Å²) < 4.78 is 33.2. The highest BCUT2D eigenvalue weighted by molar-refractivity contribution is 9.10. The number of benzene rings is 3. The summed E-state index contributed by atoms with van der Waals surface area (Å²) in [5, 5.41) is 0. The minimum atomic E-state index is -0.202. The molecule has 0 bridgehead atoms. The largest absolute Gasteiger partial charge is 0.494 e. The second-order valence-electron chi connectivity index (χ2n) is 7.53. The zero-order chi connectivity index (χ0) is 25.7. The van der Waals surface area contributed by atoms with Gasteiger partial charge >= 0.3 is 0 Å². The number of allylic oxidation sites excluding steroid dienone is 1. The Kier molecular flexibility index (Phi) is 7.80. The summed E-state index contributed by atoms with van der Waals surface area (Å²) in [5.41, 5.74) is 2.48. The van der Waals surface area contributed by atoms with Crippen LogP contribution < -0.4 is 28.4 Å². The summed E-state index contributed by atoms with van der Waals surface area (Å²) in [6.07, 6.45) is 4.83. The Morgan fingerprint density at radius 3 is 2.19 bits per heavy atom. The van der Waals surface area contributed by atoms with Crippen LogP contribution in [0.1, 0.15) is 21.5 Å². The van der Waals surface area contributed by atoms with Crippen molar-refractivity contribution in [3.05, 3.63) is 69.7 Å². The highest BCUT2D eigenvalue weighted by Gasteiger charge is 2.16. The quantitative estimate of drug-likeness (QED) is 0.186. The van der Waals surface area contributed by atoms with Crippen LogP contribution >= 0.6 is 15.9 Å². The number of carbonyl (C=O) groups excluding carboxylic acids is 1. The topological polar surface area (TPSA) is 84.8 Å². The molecular weight excluding hydrogens is 530 g/mol. The van der Waals surface area contributed by atoms with E-state index in [1.165, 1.54) is 27.4 Å². The van der Waals surface area contributed by atoms with Crippen LogP contribution in [0, 0.1) is 0 Å². The Morgan fingerprint density at radius 1 is 0.889 bits per heavy atom. The number of carbonyl (C=O) groups is 1. The zero-order valence-corrected chi connectivity index (χ0v) is 21.7. The van der Waals surface area contributed by atoms with Crippen LogP contribution in [0.2, 0.25) is 0 Å². The van der Waals surface area contributed by atoms with Gasteiger partial charge in [0, 0.05) is 21.8 Å². The molecule has 36 heavy (non-hydrogen) atoms. The van der Waals surface area contributed by atoms with E-state index < -0.39 is 0 Å². The van der Waals surface area contributed by atoms with Gasteiger partial charge in [0.15, 0.2) is 28.8 Å². The number of rotatable bonds is 9. The Hall–Kier alpha value is -3.98. The van der Waals surface area contributed by atoms with Gasteiger partial charge in [0.1, 0.15) is 11.4 Å². The lowest BCUT2D eigenvalue weighted by atomic mass is 10.1. The molecule has 1 heterocycles. The van der Waals surface area contributed by atoms with Crippen LogP contribution in [-0.2, 0) is 0 Å². The molecule has 0 N–H and O–H groups in total. The monoisotopic (exact) mass is 553 g/mol. The van der Waals surface area contributed by atoms with Crippen molar-refractivity contribution in [2.24, 2.45) is 4.99 Å². The lowest BCUT2D eigenvalue weighted by Gasteiger charge is -2.12. The SMILES string of the molecule is COc1ccc(C(=O)/C=C/c2cc(OC)c(OC)c(OC)c2)cc1N=Cc1cc2c(cc1Br)OCO2. The number of aliphatic imine (C=N–C) groups is 1. The highest BCUT2D eigenvalue weighted by atomic mass is 79.9. The van der Waals surface area contributed by atoms with E-state index >= 15 is 0 Å². The smallest absolute Gasteiger partial charge is 0.231 e. The second-order valence-corrected chi connectivity index (χ2v) is 8.38. The maximum Gasteiger partial charge on any atom is 0.231 e. The molecule has 1 aliphatic heterocycles. The molecular formula is C27H24BrNO7. The number of hydrogen-bond acceptors (Lipinski definition) is 8. The maximum absolute atomic E-state index is 13.0. The molecule has 0 aromatic heterocycles. The summed E-state index contributed by atoms with van der Waals surface area (Å²) in [6.45, 7) is 0.184. The standard InChI is InChI=1S/C27H24BrNO7/c1-31-22-8-6-17(11-20(22)29-14-18-12-23-24(13-19(18)28)36-15-35-23)21(30)7-5-16-9-25(32-2)27(34-4)26(10-16)33-3/h5-14H,15H2,1-4H3/b7-5+,29-14?. The fourth-order valence-corrected chi connectivity index (χ4v) is 4.01. The van der Waals surface area contributed by atoms with Gasteiger partial charge in [-0.05, 0) is 70.0 Å². The van der Waals surface area contributed by atoms with Crippen molar-refractivity contribution in [3.63, 3.8) is 0 Å². The number of fused-ring (bicyclic) bond motifs is 1. The molecule has 0 fully saturated rings. The molecule has 0 aliphatic carbocycles. The first-order valence-electron chi connectivity index (χ1n) is 10.8. The van der Waals surface area contributed by atoms with Gasteiger partial charge in [-0.2, -0.15) is 0 Å². The lowest BCUT2D eigenvalue weighted by molar-refractivity contribution is 0.104. The van der Waals surface area contributed by atoms with E-state index in [9.17, 15) is 4.79 Å². The summed E-state index contributed by atoms with van der Waals surface area (Å²) in [4.78, 5) is 17.5. The molecule has 3 aromatic carbocycles. The van der Waals surface area contributed by atoms with Gasteiger partial charge in [0.2, 0.25) is 12.5 Å². The number of ketones is 1. The third kappa shape index (κ3) is 5.31. The molecule has 0 saturated carbocycles. The first-order chi connectivity index (χ1) is 17.5. The third-order valence-electron chi connectivity index (χ3n) is 5.41. The first kappa shape index (κ1) is 25.1. The van der Waals surface area contributed by atoms with E-state index in [1.807, 2.05) is 12.1 Å². The van der Waals surface area contributed by atoms with Crippen LogP contribution in [0.3, 0.4) is 0 Å². The molecule has 0 radical (unpaired) electrons. The zero-order valence-electron chi connectivity index (χ0n) is 20.2. The van der Waals surface area contributed by atoms with Gasteiger partial charge in [-0.25, -0.2) is 0 Å². The van der Waals surface area contributed by atoms with Crippen LogP contribution in [0.5, 0.6) is 34.5 Å². The fourth-order valence-electron chi connectivity index (χ4n) is 3.58. The van der Waals surface area contributed by atoms with Crippen molar-refractivity contribution in [3.8, 4) is 34.5 Å². The minimum absolute atomic E-state index is 0.184. The Bertz CT molecular complexity index is 1330. The van der Waals surface area contributed by atoms with Crippen molar-refractivity contribution in [2.75, 3.05) is 35.2 Å². The van der Waals surface area contributed by atoms with Gasteiger partial charge in [0.05, 0.1) is 28.4 Å². The molecule has 0 spiro atoms. The predicted molar refractivity (Wildman–Crippen MR) is 140 cm³/mol. The second kappa shape index (κ2) is 11.2. The van der Waals surface area contributed by atoms with Crippen LogP contribution in [-0.4, -0.2) is 47.2 Å². The number of nitrogens with zero attached hydrogens (tertiary/aromatic N) is 1. The number of halogens is 1. The fraction of sp³-hybridized carbons (Fsp3) is 0.185. The summed E-state index contributed by atoms with van der Waals surface area (Å²) in [5.74, 6) is 3.13. The van der Waals surface area contributed by atoms with Crippen molar-refractivity contribution in [2.45, 2.75) is 0 Å². The van der Waals surface area contributed by atoms with Crippen LogP contribution in [0.15, 0.2) is 58.0 Å². The third-order valence-corrected chi connectivity index (χ3v) is 6.10. The Morgan fingerprint density at radius 2 is 1.56 bits per heavy atom. The van der Waals surface area contributed by atoms with E-state index in [4.69, 9.17) is 28.4 Å². The van der Waals surface area contributed by atoms with Crippen molar-refractivity contribution < 1.29 is 33.2 Å². The maximum atomic E-state index is 13.0. The van der Waals surface area contributed by atoms with Crippen molar-refractivity contribution >= 4 is 39.7 Å². The Labute approximate surface area is 217 Å². The number of methoxy groups -OCH3 is 4. The normalized spacial score (nSPS) is 12.2. The van der Waals surface area contributed by atoms with Gasteiger partial charge in [-0.3, -0.25) is 9.79 Å². The molecule has 3 aromatic rings. The van der Waals surface area contributed by atoms with E-state index in [-0.39, 0.29) is 12.6 Å². The average molecular weight is 554 g/mol. The molecule has 0 unspecified atom stereocenters. The minimum Gasteiger partial charge on any atom is -0.494 e. The van der Waals surface area contributed by atoms with Crippen molar-refractivity contribution in [1.29, 1.82) is 0 Å². The van der Waals surface area contributed by atoms with Gasteiger partial charge < -0.3 is 28.4 Å². The van der Waals surface area contributed by atoms with Crippen LogP contribution in [0.4, 0.5) is 5.69 Å². The molecule has 186 valence electrons. The molecule has 0 amide bonds. The Balaban J connectivity index is 1.59. The molecule has 9 heteroatoms. The van der Waals surface area contributed by atoms with E-state index in [1.54, 1.807) is 49.7 Å². The molecule has 4 rings (SSSR count). The van der Waals surface area contributed by atoms with Gasteiger partial charge in [0.25, 0.3) is 0 Å². The van der Waals surface area contributed by atoms with E-state index in [2.05, 4.69) is 20.9 Å². The number of ether oxygens (including phenoxy) is 6. The van der Waals surface area contributed by atoms with Crippen LogP contribution in [0.25, 0.3) is 6.08 Å². The van der Waals surface area contributed by atoms with Gasteiger partial charge in [-0.1, -0.05) is 6.08 Å². The number of hydrogen-bond donors (Lipinski definition) is 0. The van der Waals surface area contributed by atoms with Gasteiger partial charge in [-0.15, -0.1) is 0 Å². The molecule has 0 atom stereocenters. The van der Waals surface area contributed by atoms with Crippen molar-refractivity contribution in [1.82, 2.24) is 0 Å². The molecule has 1 aliphatic rings. The summed E-state index contributed by atoms with van der Waals surface area (Å²) >= 11 is 3.52. The van der Waals surface area contributed by atoms with E-state index in [0.717, 1.165) is 15.6 Å². The average Bonchev–Trinajstić information content (AvgIpc) is 3.36. The molecule has 8 nitrogen and oxygen atoms in total. The molecule has 0 saturated heterocycles. The predicted octanol–water partition coefficient (Wildman–Crippen LogP) is 5.86. The first-order valence-corrected chi connectivity index (χ1v) is 11.6. The summed E-state index contributed by atoms with van der Waals surface area (Å²) in [7, 11) is 6.17. The summed E-state index contributed by atoms with van der Waals surface area (Å²) in [6, 6.07) is 12.3.